The lowest BCUT2D eigenvalue weighted by atomic mass is 10.5. The standard InChI is InChI=1S/C7H15O2/c1-3-5-8-7-9-6-4-2/h5H,3-4,6-7H2,1-2H3. The number of ether oxygens (including phenoxy) is 2. The first kappa shape index (κ1) is 8.92. The Morgan fingerprint density at radius 2 is 2.11 bits per heavy atom. The third-order valence-corrected chi connectivity index (χ3v) is 0.784. The van der Waals surface area contributed by atoms with Crippen LogP contribution in [0.25, 0.3) is 0 Å². The third kappa shape index (κ3) is 7.92. The zero-order chi connectivity index (χ0) is 6.95. The summed E-state index contributed by atoms with van der Waals surface area (Å²) in [4.78, 5) is 0. The van der Waals surface area contributed by atoms with Crippen molar-refractivity contribution < 1.29 is 9.47 Å². The molecule has 0 aliphatic carbocycles. The van der Waals surface area contributed by atoms with Crippen LogP contribution in [0.3, 0.4) is 0 Å². The van der Waals surface area contributed by atoms with Gasteiger partial charge < -0.3 is 9.47 Å². The molecule has 0 atom stereocenters. The maximum absolute atomic E-state index is 5.03. The van der Waals surface area contributed by atoms with E-state index in [1.807, 2.05) is 6.92 Å². The Labute approximate surface area is 57.2 Å². The van der Waals surface area contributed by atoms with Gasteiger partial charge in [0.05, 0.1) is 6.61 Å². The van der Waals surface area contributed by atoms with Crippen molar-refractivity contribution in [3.8, 4) is 0 Å². The summed E-state index contributed by atoms with van der Waals surface area (Å²) in [5.41, 5.74) is 0. The Hall–Kier alpha value is -0.0800. The molecule has 2 nitrogen and oxygen atoms in total. The van der Waals surface area contributed by atoms with Crippen LogP contribution in [0.15, 0.2) is 0 Å². The van der Waals surface area contributed by atoms with E-state index >= 15 is 0 Å². The lowest BCUT2D eigenvalue weighted by molar-refractivity contribution is -0.0290. The summed E-state index contributed by atoms with van der Waals surface area (Å²) in [7, 11) is 0. The first-order valence-electron chi connectivity index (χ1n) is 3.42. The summed E-state index contributed by atoms with van der Waals surface area (Å²) in [6, 6.07) is 0. The Morgan fingerprint density at radius 1 is 1.33 bits per heavy atom. The molecular weight excluding hydrogens is 116 g/mol. The fraction of sp³-hybridized carbons (Fsp3) is 0.857. The van der Waals surface area contributed by atoms with Crippen molar-refractivity contribution in [2.75, 3.05) is 13.4 Å². The number of hydrogen-bond donors (Lipinski definition) is 0. The van der Waals surface area contributed by atoms with E-state index < -0.39 is 0 Å². The van der Waals surface area contributed by atoms with Gasteiger partial charge in [-0.25, -0.2) is 0 Å². The van der Waals surface area contributed by atoms with Crippen LogP contribution in [0.1, 0.15) is 26.7 Å². The Morgan fingerprint density at radius 3 is 2.67 bits per heavy atom. The van der Waals surface area contributed by atoms with Crippen LogP contribution in [0, 0.1) is 6.61 Å². The number of hydrogen-bond acceptors (Lipinski definition) is 2. The smallest absolute Gasteiger partial charge is 0.147 e. The van der Waals surface area contributed by atoms with Crippen LogP contribution in [0.2, 0.25) is 0 Å². The molecule has 0 aromatic heterocycles. The molecule has 1 radical (unpaired) electrons. The summed E-state index contributed by atoms with van der Waals surface area (Å²) >= 11 is 0. The lowest BCUT2D eigenvalue weighted by Crippen LogP contribution is -1.98. The van der Waals surface area contributed by atoms with Crippen LogP contribution >= 0.6 is 0 Å². The van der Waals surface area contributed by atoms with Gasteiger partial charge in [-0.05, 0) is 12.8 Å². The molecule has 0 spiro atoms. The minimum atomic E-state index is 0.404. The zero-order valence-corrected chi connectivity index (χ0v) is 6.22. The van der Waals surface area contributed by atoms with Crippen molar-refractivity contribution in [2.24, 2.45) is 0 Å². The minimum absolute atomic E-state index is 0.404. The molecule has 0 aliphatic rings. The van der Waals surface area contributed by atoms with Crippen molar-refractivity contribution in [3.05, 3.63) is 6.61 Å². The van der Waals surface area contributed by atoms with Crippen molar-refractivity contribution in [1.82, 2.24) is 0 Å². The van der Waals surface area contributed by atoms with Gasteiger partial charge in [0.15, 0.2) is 0 Å². The fourth-order valence-electron chi connectivity index (χ4n) is 0.417. The normalized spacial score (nSPS) is 10.0. The molecule has 0 amide bonds. The second-order valence-corrected chi connectivity index (χ2v) is 1.77. The van der Waals surface area contributed by atoms with E-state index in [1.165, 1.54) is 0 Å². The van der Waals surface area contributed by atoms with Crippen LogP contribution in [-0.4, -0.2) is 13.4 Å². The molecule has 0 N–H and O–H groups in total. The van der Waals surface area contributed by atoms with E-state index in [4.69, 9.17) is 9.47 Å². The van der Waals surface area contributed by atoms with Gasteiger partial charge in [0.25, 0.3) is 0 Å². The molecular formula is C7H15O2. The van der Waals surface area contributed by atoms with E-state index in [1.54, 1.807) is 6.61 Å². The van der Waals surface area contributed by atoms with Gasteiger partial charge in [0.1, 0.15) is 6.79 Å². The van der Waals surface area contributed by atoms with Crippen LogP contribution in [-0.2, 0) is 9.47 Å². The molecule has 0 aromatic rings. The maximum Gasteiger partial charge on any atom is 0.147 e. The number of rotatable bonds is 6. The third-order valence-electron chi connectivity index (χ3n) is 0.784. The molecule has 9 heavy (non-hydrogen) atoms. The van der Waals surface area contributed by atoms with E-state index in [0.29, 0.717) is 6.79 Å². The summed E-state index contributed by atoms with van der Waals surface area (Å²) in [5.74, 6) is 0. The van der Waals surface area contributed by atoms with Crippen molar-refractivity contribution in [3.63, 3.8) is 0 Å². The average Bonchev–Trinajstić information content (AvgIpc) is 1.89. The van der Waals surface area contributed by atoms with Gasteiger partial charge in [-0.15, -0.1) is 0 Å². The predicted molar refractivity (Wildman–Crippen MR) is 36.8 cm³/mol. The molecule has 2 heteroatoms. The SMILES string of the molecule is CC[CH]OCOCCC. The fourth-order valence-corrected chi connectivity index (χ4v) is 0.417. The highest BCUT2D eigenvalue weighted by Gasteiger charge is 1.83. The Balaban J connectivity index is 2.60. The molecule has 0 aromatic carbocycles. The second-order valence-electron chi connectivity index (χ2n) is 1.77. The van der Waals surface area contributed by atoms with Gasteiger partial charge in [0.2, 0.25) is 0 Å². The van der Waals surface area contributed by atoms with Crippen molar-refractivity contribution in [2.45, 2.75) is 26.7 Å². The van der Waals surface area contributed by atoms with E-state index in [0.717, 1.165) is 19.4 Å². The molecule has 0 heterocycles. The summed E-state index contributed by atoms with van der Waals surface area (Å²) in [5, 5.41) is 0. The first-order chi connectivity index (χ1) is 4.41. The van der Waals surface area contributed by atoms with E-state index in [-0.39, 0.29) is 0 Å². The topological polar surface area (TPSA) is 18.5 Å². The largest absolute Gasteiger partial charge is 0.355 e. The molecule has 0 fully saturated rings. The second kappa shape index (κ2) is 7.92. The van der Waals surface area contributed by atoms with Crippen LogP contribution in [0.4, 0.5) is 0 Å². The highest BCUT2D eigenvalue weighted by atomic mass is 16.7. The minimum Gasteiger partial charge on any atom is -0.355 e. The first-order valence-corrected chi connectivity index (χ1v) is 3.42. The molecule has 0 saturated carbocycles. The van der Waals surface area contributed by atoms with Crippen LogP contribution in [0.5, 0.6) is 0 Å². The molecule has 0 rings (SSSR count). The van der Waals surface area contributed by atoms with Gasteiger partial charge >= 0.3 is 0 Å². The van der Waals surface area contributed by atoms with E-state index in [2.05, 4.69) is 6.92 Å². The Bertz CT molecular complexity index is 40.2. The van der Waals surface area contributed by atoms with Gasteiger partial charge in [-0.3, -0.25) is 0 Å². The highest BCUT2D eigenvalue weighted by Crippen LogP contribution is 1.88. The zero-order valence-electron chi connectivity index (χ0n) is 6.22. The quantitative estimate of drug-likeness (QED) is 0.405. The van der Waals surface area contributed by atoms with Gasteiger partial charge in [-0.2, -0.15) is 0 Å². The van der Waals surface area contributed by atoms with Gasteiger partial charge in [0, 0.05) is 6.61 Å². The maximum atomic E-state index is 5.03. The molecule has 0 saturated heterocycles. The summed E-state index contributed by atoms with van der Waals surface area (Å²) in [6.07, 6.45) is 1.99. The van der Waals surface area contributed by atoms with Crippen molar-refractivity contribution >= 4 is 0 Å². The molecule has 0 aliphatic heterocycles. The molecule has 0 unspecified atom stereocenters. The molecule has 0 bridgehead atoms. The lowest BCUT2D eigenvalue weighted by Gasteiger charge is -2.00. The van der Waals surface area contributed by atoms with Crippen molar-refractivity contribution in [1.29, 1.82) is 0 Å². The average molecular weight is 131 g/mol. The van der Waals surface area contributed by atoms with E-state index in [9.17, 15) is 0 Å². The van der Waals surface area contributed by atoms with Crippen LogP contribution < -0.4 is 0 Å². The molecule has 55 valence electrons. The predicted octanol–water partition coefficient (Wildman–Crippen LogP) is 1.96. The summed E-state index contributed by atoms with van der Waals surface area (Å²) < 4.78 is 9.97. The van der Waals surface area contributed by atoms with Gasteiger partial charge in [-0.1, -0.05) is 13.8 Å². The Kier molecular flexibility index (Phi) is 7.85. The highest BCUT2D eigenvalue weighted by molar-refractivity contribution is 4.39. The summed E-state index contributed by atoms with van der Waals surface area (Å²) in [6.45, 7) is 7.04. The monoisotopic (exact) mass is 131 g/mol.